The summed E-state index contributed by atoms with van der Waals surface area (Å²) in [4.78, 5) is 21.5. The first-order chi connectivity index (χ1) is 7.68. The molecule has 86 valence electrons. The molecule has 1 aliphatic carbocycles. The number of hydrogen-bond acceptors (Lipinski definition) is 4. The molecule has 2 rings (SSSR count). The third-order valence-electron chi connectivity index (χ3n) is 2.56. The number of hydrogen-bond donors (Lipinski definition) is 1. The molecule has 0 amide bonds. The fourth-order valence-electron chi connectivity index (χ4n) is 1.52. The lowest BCUT2D eigenvalue weighted by molar-refractivity contribution is -0.386. The molecule has 1 saturated carbocycles. The topological polar surface area (TPSA) is 77.2 Å². The van der Waals surface area contributed by atoms with Crippen LogP contribution in [0.15, 0.2) is 23.1 Å². The third kappa shape index (κ3) is 2.46. The largest absolute Gasteiger partial charge is 0.334 e. The zero-order chi connectivity index (χ0) is 11.5. The van der Waals surface area contributed by atoms with E-state index in [0.29, 0.717) is 19.1 Å². The van der Waals surface area contributed by atoms with Crippen molar-refractivity contribution in [2.24, 2.45) is 0 Å². The van der Waals surface area contributed by atoms with Gasteiger partial charge in [0, 0.05) is 31.4 Å². The maximum atomic E-state index is 11.6. The van der Waals surface area contributed by atoms with Crippen LogP contribution < -0.4 is 10.9 Å². The Kier molecular flexibility index (Phi) is 3.00. The lowest BCUT2D eigenvalue weighted by atomic mass is 10.4. The number of nitro groups is 1. The normalized spacial score (nSPS) is 15.0. The Morgan fingerprint density at radius 1 is 1.56 bits per heavy atom. The van der Waals surface area contributed by atoms with Crippen molar-refractivity contribution in [1.29, 1.82) is 0 Å². The lowest BCUT2D eigenvalue weighted by Crippen LogP contribution is -2.28. The van der Waals surface area contributed by atoms with E-state index in [2.05, 4.69) is 5.32 Å². The average Bonchev–Trinajstić information content (AvgIpc) is 3.04. The fourth-order valence-corrected chi connectivity index (χ4v) is 1.52. The Labute approximate surface area is 92.0 Å². The molecule has 0 saturated heterocycles. The molecule has 0 aromatic carbocycles. The van der Waals surface area contributed by atoms with Crippen LogP contribution in [0.2, 0.25) is 0 Å². The van der Waals surface area contributed by atoms with Gasteiger partial charge < -0.3 is 9.88 Å². The van der Waals surface area contributed by atoms with Crippen LogP contribution in [0.3, 0.4) is 0 Å². The molecule has 1 fully saturated rings. The first-order valence-electron chi connectivity index (χ1n) is 5.25. The van der Waals surface area contributed by atoms with Gasteiger partial charge in [-0.25, -0.2) is 0 Å². The summed E-state index contributed by atoms with van der Waals surface area (Å²) in [6, 6.07) is 3.33. The van der Waals surface area contributed by atoms with E-state index in [9.17, 15) is 14.9 Å². The molecule has 1 N–H and O–H groups in total. The van der Waals surface area contributed by atoms with Crippen LogP contribution >= 0.6 is 0 Å². The van der Waals surface area contributed by atoms with Gasteiger partial charge in [0.25, 0.3) is 0 Å². The van der Waals surface area contributed by atoms with Crippen molar-refractivity contribution in [2.45, 2.75) is 25.4 Å². The van der Waals surface area contributed by atoms with Crippen molar-refractivity contribution < 1.29 is 4.92 Å². The van der Waals surface area contributed by atoms with Crippen LogP contribution in [0.4, 0.5) is 5.69 Å². The van der Waals surface area contributed by atoms with E-state index in [0.717, 1.165) is 0 Å². The molecule has 1 aliphatic rings. The summed E-state index contributed by atoms with van der Waals surface area (Å²) in [7, 11) is 0. The maximum Gasteiger partial charge on any atom is 0.334 e. The number of aromatic nitrogens is 1. The molecule has 0 spiro atoms. The van der Waals surface area contributed by atoms with Crippen molar-refractivity contribution in [3.8, 4) is 0 Å². The minimum atomic E-state index is -0.646. The second-order valence-corrected chi connectivity index (χ2v) is 3.88. The monoisotopic (exact) mass is 223 g/mol. The maximum absolute atomic E-state index is 11.6. The highest BCUT2D eigenvalue weighted by Gasteiger charge is 2.20. The van der Waals surface area contributed by atoms with E-state index in [1.165, 1.54) is 29.5 Å². The summed E-state index contributed by atoms with van der Waals surface area (Å²) >= 11 is 0. The van der Waals surface area contributed by atoms with E-state index < -0.39 is 10.5 Å². The fraction of sp³-hybridized carbons (Fsp3) is 0.500. The molecule has 0 atom stereocenters. The third-order valence-corrected chi connectivity index (χ3v) is 2.56. The highest BCUT2D eigenvalue weighted by atomic mass is 16.6. The predicted molar refractivity (Wildman–Crippen MR) is 58.4 cm³/mol. The highest BCUT2D eigenvalue weighted by Crippen LogP contribution is 2.17. The van der Waals surface area contributed by atoms with Crippen molar-refractivity contribution in [2.75, 3.05) is 6.54 Å². The Bertz CT molecular complexity index is 451. The Morgan fingerprint density at radius 3 is 2.94 bits per heavy atom. The van der Waals surface area contributed by atoms with Gasteiger partial charge in [0.05, 0.1) is 4.92 Å². The molecule has 1 aromatic heterocycles. The summed E-state index contributed by atoms with van der Waals surface area (Å²) in [6.07, 6.45) is 3.94. The van der Waals surface area contributed by atoms with Gasteiger partial charge in [0.2, 0.25) is 0 Å². The van der Waals surface area contributed by atoms with E-state index in [-0.39, 0.29) is 5.69 Å². The lowest BCUT2D eigenvalue weighted by Gasteiger charge is -2.05. The van der Waals surface area contributed by atoms with Gasteiger partial charge in [0.1, 0.15) is 0 Å². The van der Waals surface area contributed by atoms with E-state index in [4.69, 9.17) is 0 Å². The van der Waals surface area contributed by atoms with E-state index >= 15 is 0 Å². The van der Waals surface area contributed by atoms with Crippen molar-refractivity contribution in [3.63, 3.8) is 0 Å². The summed E-state index contributed by atoms with van der Waals surface area (Å²) in [6.45, 7) is 1.14. The van der Waals surface area contributed by atoms with E-state index in [1.807, 2.05) is 0 Å². The molecule has 1 aromatic rings. The van der Waals surface area contributed by atoms with Gasteiger partial charge in [0.15, 0.2) is 0 Å². The number of nitrogens with one attached hydrogen (secondary N) is 1. The molecule has 0 bridgehead atoms. The van der Waals surface area contributed by atoms with Crippen molar-refractivity contribution in [3.05, 3.63) is 38.8 Å². The second kappa shape index (κ2) is 4.44. The first-order valence-corrected chi connectivity index (χ1v) is 5.25. The zero-order valence-corrected chi connectivity index (χ0v) is 8.76. The second-order valence-electron chi connectivity index (χ2n) is 3.88. The average molecular weight is 223 g/mol. The highest BCUT2D eigenvalue weighted by molar-refractivity contribution is 5.24. The summed E-state index contributed by atoms with van der Waals surface area (Å²) in [5.41, 5.74) is -0.904. The van der Waals surface area contributed by atoms with Gasteiger partial charge in [-0.3, -0.25) is 14.9 Å². The quantitative estimate of drug-likeness (QED) is 0.582. The van der Waals surface area contributed by atoms with Crippen molar-refractivity contribution in [1.82, 2.24) is 9.88 Å². The minimum absolute atomic E-state index is 0.367. The smallest absolute Gasteiger partial charge is 0.312 e. The molecule has 6 nitrogen and oxygen atoms in total. The minimum Gasteiger partial charge on any atom is -0.312 e. The molecule has 0 radical (unpaired) electrons. The molecule has 0 unspecified atom stereocenters. The zero-order valence-electron chi connectivity index (χ0n) is 8.76. The number of nitrogens with zero attached hydrogens (tertiary/aromatic N) is 2. The van der Waals surface area contributed by atoms with Crippen LogP contribution in [0.25, 0.3) is 0 Å². The summed E-state index contributed by atoms with van der Waals surface area (Å²) in [5, 5.41) is 13.8. The Morgan fingerprint density at radius 2 is 2.31 bits per heavy atom. The molecule has 1 heterocycles. The molecule has 16 heavy (non-hydrogen) atoms. The van der Waals surface area contributed by atoms with Crippen LogP contribution in [-0.4, -0.2) is 22.1 Å². The van der Waals surface area contributed by atoms with Gasteiger partial charge in [-0.1, -0.05) is 0 Å². The van der Waals surface area contributed by atoms with Gasteiger partial charge >= 0.3 is 11.2 Å². The van der Waals surface area contributed by atoms with Crippen LogP contribution in [-0.2, 0) is 6.54 Å². The van der Waals surface area contributed by atoms with Gasteiger partial charge in [-0.2, -0.15) is 0 Å². The molecular weight excluding hydrogens is 210 g/mol. The van der Waals surface area contributed by atoms with Crippen LogP contribution in [0.1, 0.15) is 12.8 Å². The first kappa shape index (κ1) is 10.8. The SMILES string of the molecule is O=c1c([N+](=O)[O-])cccn1CCNC1CC1. The summed E-state index contributed by atoms with van der Waals surface area (Å²) < 4.78 is 1.37. The van der Waals surface area contributed by atoms with Crippen LogP contribution in [0.5, 0.6) is 0 Å². The predicted octanol–water partition coefficient (Wildman–Crippen LogP) is 0.508. The Balaban J connectivity index is 2.04. The van der Waals surface area contributed by atoms with Crippen LogP contribution in [0, 0.1) is 10.1 Å². The Hall–Kier alpha value is -1.69. The van der Waals surface area contributed by atoms with Crippen molar-refractivity contribution >= 4 is 5.69 Å². The number of pyridine rings is 1. The number of rotatable bonds is 5. The standard InChI is InChI=1S/C10H13N3O3/c14-10-9(13(15)16)2-1-6-12(10)7-5-11-8-3-4-8/h1-2,6,8,11H,3-5,7H2. The molecular formula is C10H13N3O3. The van der Waals surface area contributed by atoms with Gasteiger partial charge in [-0.05, 0) is 18.9 Å². The summed E-state index contributed by atoms with van der Waals surface area (Å²) in [5.74, 6) is 0. The molecule has 6 heteroatoms. The molecule has 0 aliphatic heterocycles. The van der Waals surface area contributed by atoms with E-state index in [1.54, 1.807) is 6.20 Å². The van der Waals surface area contributed by atoms with Gasteiger partial charge in [-0.15, -0.1) is 0 Å².